The molecule has 130 valence electrons. The molecule has 0 saturated carbocycles. The van der Waals surface area contributed by atoms with Crippen molar-refractivity contribution in [3.05, 3.63) is 53.3 Å². The number of nitrogens with one attached hydrogen (secondary N) is 3. The molecule has 1 unspecified atom stereocenters. The van der Waals surface area contributed by atoms with Gasteiger partial charge in [-0.05, 0) is 55.3 Å². The van der Waals surface area contributed by atoms with E-state index in [-0.39, 0.29) is 24.4 Å². The third kappa shape index (κ3) is 3.88. The molecule has 1 aliphatic rings. The van der Waals surface area contributed by atoms with Crippen LogP contribution in [0.1, 0.15) is 24.1 Å². The number of fused-ring (bicyclic) bond motifs is 1. The molecule has 6 nitrogen and oxygen atoms in total. The lowest BCUT2D eigenvalue weighted by atomic mass is 10.1. The number of ether oxygens (including phenoxy) is 1. The van der Waals surface area contributed by atoms with Crippen LogP contribution in [-0.4, -0.2) is 18.5 Å². The van der Waals surface area contributed by atoms with Crippen molar-refractivity contribution in [1.29, 1.82) is 0 Å². The lowest BCUT2D eigenvalue weighted by Crippen LogP contribution is -2.31. The lowest BCUT2D eigenvalue weighted by Gasteiger charge is -2.21. The SMILES string of the molecule is Cc1cc(F)ccc1NC(=O)NC(C)c1ccc2c(c1)NC(=O)CO2. The van der Waals surface area contributed by atoms with Crippen molar-refractivity contribution in [3.8, 4) is 5.75 Å². The summed E-state index contributed by atoms with van der Waals surface area (Å²) in [6.07, 6.45) is 0. The van der Waals surface area contributed by atoms with Gasteiger partial charge in [-0.15, -0.1) is 0 Å². The molecular weight excluding hydrogens is 325 g/mol. The van der Waals surface area contributed by atoms with Gasteiger partial charge in [0.1, 0.15) is 11.6 Å². The number of halogens is 1. The van der Waals surface area contributed by atoms with E-state index in [1.54, 1.807) is 19.1 Å². The number of hydrogen-bond acceptors (Lipinski definition) is 3. The Bertz CT molecular complexity index is 838. The van der Waals surface area contributed by atoms with Crippen LogP contribution in [0.4, 0.5) is 20.6 Å². The van der Waals surface area contributed by atoms with Gasteiger partial charge in [0.25, 0.3) is 5.91 Å². The van der Waals surface area contributed by atoms with Gasteiger partial charge < -0.3 is 20.7 Å². The summed E-state index contributed by atoms with van der Waals surface area (Å²) >= 11 is 0. The average Bonchev–Trinajstić information content (AvgIpc) is 2.56. The molecule has 0 fully saturated rings. The lowest BCUT2D eigenvalue weighted by molar-refractivity contribution is -0.118. The number of hydrogen-bond donors (Lipinski definition) is 3. The van der Waals surface area contributed by atoms with E-state index < -0.39 is 6.03 Å². The summed E-state index contributed by atoms with van der Waals surface area (Å²) in [6.45, 7) is 3.54. The van der Waals surface area contributed by atoms with Crippen LogP contribution in [0.3, 0.4) is 0 Å². The molecule has 1 heterocycles. The van der Waals surface area contributed by atoms with Gasteiger partial charge in [0.15, 0.2) is 6.61 Å². The first-order valence-electron chi connectivity index (χ1n) is 7.82. The Balaban J connectivity index is 1.67. The van der Waals surface area contributed by atoms with Crippen LogP contribution in [0, 0.1) is 12.7 Å². The largest absolute Gasteiger partial charge is 0.482 e. The van der Waals surface area contributed by atoms with E-state index in [0.29, 0.717) is 22.7 Å². The Morgan fingerprint density at radius 1 is 1.28 bits per heavy atom. The second-order valence-corrected chi connectivity index (χ2v) is 5.87. The highest BCUT2D eigenvalue weighted by Crippen LogP contribution is 2.30. The number of urea groups is 1. The van der Waals surface area contributed by atoms with Gasteiger partial charge in [0.2, 0.25) is 0 Å². The predicted molar refractivity (Wildman–Crippen MR) is 92.3 cm³/mol. The third-order valence-corrected chi connectivity index (χ3v) is 3.92. The van der Waals surface area contributed by atoms with Gasteiger partial charge in [-0.3, -0.25) is 4.79 Å². The van der Waals surface area contributed by atoms with Crippen LogP contribution in [0.2, 0.25) is 0 Å². The van der Waals surface area contributed by atoms with Crippen molar-refractivity contribution >= 4 is 23.3 Å². The Morgan fingerprint density at radius 2 is 2.08 bits per heavy atom. The number of carbonyl (C=O) groups excluding carboxylic acids is 2. The molecule has 0 bridgehead atoms. The second-order valence-electron chi connectivity index (χ2n) is 5.87. The molecule has 25 heavy (non-hydrogen) atoms. The van der Waals surface area contributed by atoms with Crippen molar-refractivity contribution in [1.82, 2.24) is 5.32 Å². The molecule has 2 aromatic carbocycles. The van der Waals surface area contributed by atoms with Crippen molar-refractivity contribution in [2.75, 3.05) is 17.2 Å². The predicted octanol–water partition coefficient (Wildman–Crippen LogP) is 3.35. The topological polar surface area (TPSA) is 79.5 Å². The fourth-order valence-corrected chi connectivity index (χ4v) is 2.58. The fourth-order valence-electron chi connectivity index (χ4n) is 2.58. The van der Waals surface area contributed by atoms with Crippen LogP contribution in [0.15, 0.2) is 36.4 Å². The second kappa shape index (κ2) is 6.80. The smallest absolute Gasteiger partial charge is 0.319 e. The van der Waals surface area contributed by atoms with E-state index in [9.17, 15) is 14.0 Å². The highest BCUT2D eigenvalue weighted by Gasteiger charge is 2.18. The summed E-state index contributed by atoms with van der Waals surface area (Å²) in [4.78, 5) is 23.6. The zero-order chi connectivity index (χ0) is 18.0. The number of amides is 3. The highest BCUT2D eigenvalue weighted by molar-refractivity contribution is 5.95. The van der Waals surface area contributed by atoms with Crippen LogP contribution in [0.5, 0.6) is 5.75 Å². The van der Waals surface area contributed by atoms with E-state index in [2.05, 4.69) is 16.0 Å². The molecule has 0 radical (unpaired) electrons. The van der Waals surface area contributed by atoms with Crippen molar-refractivity contribution in [3.63, 3.8) is 0 Å². The van der Waals surface area contributed by atoms with Crippen LogP contribution in [-0.2, 0) is 4.79 Å². The monoisotopic (exact) mass is 343 g/mol. The molecule has 7 heteroatoms. The fraction of sp³-hybridized carbons (Fsp3) is 0.222. The quantitative estimate of drug-likeness (QED) is 0.800. The molecular formula is C18H18FN3O3. The average molecular weight is 343 g/mol. The van der Waals surface area contributed by atoms with Crippen LogP contribution < -0.4 is 20.7 Å². The van der Waals surface area contributed by atoms with Gasteiger partial charge in [-0.25, -0.2) is 9.18 Å². The number of carbonyl (C=O) groups is 2. The van der Waals surface area contributed by atoms with Gasteiger partial charge >= 0.3 is 6.03 Å². The molecule has 0 aliphatic carbocycles. The Morgan fingerprint density at radius 3 is 2.84 bits per heavy atom. The summed E-state index contributed by atoms with van der Waals surface area (Å²) in [5.74, 6) is 0.0341. The number of benzene rings is 2. The summed E-state index contributed by atoms with van der Waals surface area (Å²) in [7, 11) is 0. The van der Waals surface area contributed by atoms with Gasteiger partial charge in [-0.2, -0.15) is 0 Å². The third-order valence-electron chi connectivity index (χ3n) is 3.92. The Kier molecular flexibility index (Phi) is 4.56. The molecule has 0 spiro atoms. The minimum atomic E-state index is -0.403. The molecule has 3 rings (SSSR count). The normalized spacial score (nSPS) is 14.0. The number of rotatable bonds is 3. The first-order valence-corrected chi connectivity index (χ1v) is 7.82. The van der Waals surface area contributed by atoms with E-state index in [1.165, 1.54) is 18.2 Å². The van der Waals surface area contributed by atoms with Crippen molar-refractivity contribution < 1.29 is 18.7 Å². The zero-order valence-corrected chi connectivity index (χ0v) is 13.9. The van der Waals surface area contributed by atoms with E-state index in [4.69, 9.17) is 4.74 Å². The molecule has 1 aliphatic heterocycles. The molecule has 3 N–H and O–H groups in total. The van der Waals surface area contributed by atoms with E-state index >= 15 is 0 Å². The highest BCUT2D eigenvalue weighted by atomic mass is 19.1. The number of anilines is 2. The molecule has 0 saturated heterocycles. The van der Waals surface area contributed by atoms with Crippen molar-refractivity contribution in [2.45, 2.75) is 19.9 Å². The van der Waals surface area contributed by atoms with Gasteiger partial charge in [0.05, 0.1) is 11.7 Å². The maximum absolute atomic E-state index is 13.1. The summed E-state index contributed by atoms with van der Waals surface area (Å²) in [5.41, 5.74) is 2.57. The molecule has 0 aromatic heterocycles. The Labute approximate surface area is 144 Å². The van der Waals surface area contributed by atoms with Gasteiger partial charge in [-0.1, -0.05) is 6.07 Å². The molecule has 1 atom stereocenters. The zero-order valence-electron chi connectivity index (χ0n) is 13.9. The summed E-state index contributed by atoms with van der Waals surface area (Å²) in [6, 6.07) is 8.80. The first kappa shape index (κ1) is 16.8. The first-order chi connectivity index (χ1) is 11.9. The molecule has 2 aromatic rings. The van der Waals surface area contributed by atoms with E-state index in [0.717, 1.165) is 5.56 Å². The van der Waals surface area contributed by atoms with Gasteiger partial charge in [0, 0.05) is 5.69 Å². The minimum Gasteiger partial charge on any atom is -0.482 e. The Hall–Kier alpha value is -3.09. The summed E-state index contributed by atoms with van der Waals surface area (Å²) in [5, 5.41) is 8.24. The van der Waals surface area contributed by atoms with Crippen LogP contribution >= 0.6 is 0 Å². The standard InChI is InChI=1S/C18H18FN3O3/c1-10-7-13(19)4-5-14(10)22-18(24)20-11(2)12-3-6-16-15(8-12)21-17(23)9-25-16/h3-8,11H,9H2,1-2H3,(H,21,23)(H2,20,22,24). The minimum absolute atomic E-state index is 0.000419. The molecule has 3 amide bonds. The maximum atomic E-state index is 13.1. The van der Waals surface area contributed by atoms with Crippen molar-refractivity contribution in [2.24, 2.45) is 0 Å². The van der Waals surface area contributed by atoms with Crippen LogP contribution in [0.25, 0.3) is 0 Å². The van der Waals surface area contributed by atoms with E-state index in [1.807, 2.05) is 13.0 Å². The maximum Gasteiger partial charge on any atom is 0.319 e. The number of aryl methyl sites for hydroxylation is 1. The summed E-state index contributed by atoms with van der Waals surface area (Å²) < 4.78 is 18.4.